The van der Waals surface area contributed by atoms with Crippen LogP contribution in [0.15, 0.2) is 48.5 Å². The van der Waals surface area contributed by atoms with Crippen LogP contribution < -0.4 is 10.2 Å². The Balaban J connectivity index is 1.41. The third-order valence-corrected chi connectivity index (χ3v) is 6.37. The van der Waals surface area contributed by atoms with Crippen molar-refractivity contribution in [3.8, 4) is 6.07 Å². The van der Waals surface area contributed by atoms with Crippen LogP contribution >= 0.6 is 0 Å². The Labute approximate surface area is 205 Å². The summed E-state index contributed by atoms with van der Waals surface area (Å²) in [6.07, 6.45) is 1.34. The maximum absolute atomic E-state index is 13.1. The van der Waals surface area contributed by atoms with E-state index in [1.54, 1.807) is 29.2 Å². The van der Waals surface area contributed by atoms with Crippen LogP contribution in [0, 0.1) is 18.3 Å². The van der Waals surface area contributed by atoms with Crippen LogP contribution in [-0.4, -0.2) is 53.7 Å². The van der Waals surface area contributed by atoms with Gasteiger partial charge in [-0.15, -0.1) is 0 Å². The molecule has 8 nitrogen and oxygen atoms in total. The van der Waals surface area contributed by atoms with Crippen LogP contribution in [0.5, 0.6) is 0 Å². The molecular formula is C27H28N6O2. The number of aromatic nitrogens is 2. The SMILES string of the molecule is Cc1cccc(Cc2nc3c(c(N4CCOCC4)n2)CN(C(=O)Nc2cccc(C#N)c2)CC3)c1. The van der Waals surface area contributed by atoms with E-state index < -0.39 is 0 Å². The highest BCUT2D eigenvalue weighted by Gasteiger charge is 2.28. The Hall–Kier alpha value is -3.96. The highest BCUT2D eigenvalue weighted by Crippen LogP contribution is 2.28. The number of benzene rings is 2. The molecule has 1 saturated heterocycles. The van der Waals surface area contributed by atoms with Gasteiger partial charge >= 0.3 is 6.03 Å². The second-order valence-corrected chi connectivity index (χ2v) is 8.95. The summed E-state index contributed by atoms with van der Waals surface area (Å²) in [5.41, 5.74) is 5.55. The largest absolute Gasteiger partial charge is 0.378 e. The summed E-state index contributed by atoms with van der Waals surface area (Å²) in [4.78, 5) is 27.0. The summed E-state index contributed by atoms with van der Waals surface area (Å²) in [5.74, 6) is 1.71. The lowest BCUT2D eigenvalue weighted by atomic mass is 10.0. The van der Waals surface area contributed by atoms with Gasteiger partial charge < -0.3 is 19.9 Å². The Bertz CT molecular complexity index is 1280. The molecule has 35 heavy (non-hydrogen) atoms. The Morgan fingerprint density at radius 1 is 1.11 bits per heavy atom. The molecule has 2 aliphatic rings. The molecular weight excluding hydrogens is 440 g/mol. The number of fused-ring (bicyclic) bond motifs is 1. The number of urea groups is 1. The minimum absolute atomic E-state index is 0.192. The number of anilines is 2. The van der Waals surface area contributed by atoms with E-state index in [9.17, 15) is 4.79 Å². The van der Waals surface area contributed by atoms with Gasteiger partial charge in [0.05, 0.1) is 37.1 Å². The molecule has 0 atom stereocenters. The number of nitriles is 1. The number of amides is 2. The third-order valence-electron chi connectivity index (χ3n) is 6.37. The quantitative estimate of drug-likeness (QED) is 0.628. The number of hydrogen-bond acceptors (Lipinski definition) is 6. The number of carbonyl (C=O) groups is 1. The van der Waals surface area contributed by atoms with Gasteiger partial charge in [-0.1, -0.05) is 35.9 Å². The fourth-order valence-corrected chi connectivity index (χ4v) is 4.61. The molecule has 178 valence electrons. The molecule has 2 aromatic carbocycles. The molecule has 3 aromatic rings. The average Bonchev–Trinajstić information content (AvgIpc) is 2.88. The minimum atomic E-state index is -0.192. The van der Waals surface area contributed by atoms with E-state index in [0.717, 1.165) is 36.0 Å². The third kappa shape index (κ3) is 5.26. The van der Waals surface area contributed by atoms with Crippen LogP contribution in [0.25, 0.3) is 0 Å². The van der Waals surface area contributed by atoms with Crippen LogP contribution in [0.1, 0.15) is 33.8 Å². The van der Waals surface area contributed by atoms with Gasteiger partial charge in [0.1, 0.15) is 11.6 Å². The molecule has 0 radical (unpaired) electrons. The van der Waals surface area contributed by atoms with Crippen LogP contribution in [0.3, 0.4) is 0 Å². The van der Waals surface area contributed by atoms with Crippen molar-refractivity contribution in [1.82, 2.24) is 14.9 Å². The first kappa shape index (κ1) is 22.8. The monoisotopic (exact) mass is 468 g/mol. The normalized spacial score (nSPS) is 15.3. The molecule has 1 fully saturated rings. The molecule has 3 heterocycles. The van der Waals surface area contributed by atoms with Gasteiger partial charge in [0, 0.05) is 43.7 Å². The molecule has 1 N–H and O–H groups in total. The zero-order valence-electron chi connectivity index (χ0n) is 19.8. The van der Waals surface area contributed by atoms with Gasteiger partial charge in [0.2, 0.25) is 0 Å². The van der Waals surface area contributed by atoms with E-state index in [1.807, 2.05) is 0 Å². The van der Waals surface area contributed by atoms with Gasteiger partial charge in [0.15, 0.2) is 0 Å². The first-order valence-electron chi connectivity index (χ1n) is 11.9. The van der Waals surface area contributed by atoms with Gasteiger partial charge in [-0.05, 0) is 30.7 Å². The maximum atomic E-state index is 13.1. The molecule has 0 spiro atoms. The highest BCUT2D eigenvalue weighted by molar-refractivity contribution is 5.89. The van der Waals surface area contributed by atoms with Gasteiger partial charge in [0.25, 0.3) is 0 Å². The average molecular weight is 469 g/mol. The summed E-state index contributed by atoms with van der Waals surface area (Å²) in [6, 6.07) is 17.3. The zero-order valence-corrected chi connectivity index (χ0v) is 19.8. The summed E-state index contributed by atoms with van der Waals surface area (Å²) in [7, 11) is 0. The highest BCUT2D eigenvalue weighted by atomic mass is 16.5. The van der Waals surface area contributed by atoms with E-state index in [0.29, 0.717) is 50.4 Å². The van der Waals surface area contributed by atoms with Gasteiger partial charge in [-0.2, -0.15) is 5.26 Å². The molecule has 5 rings (SSSR count). The van der Waals surface area contributed by atoms with Gasteiger partial charge in [-0.25, -0.2) is 14.8 Å². The van der Waals surface area contributed by atoms with Crippen molar-refractivity contribution in [2.45, 2.75) is 26.3 Å². The number of morpholine rings is 1. The fourth-order valence-electron chi connectivity index (χ4n) is 4.61. The second kappa shape index (κ2) is 10.1. The molecule has 2 amide bonds. The predicted octanol–water partition coefficient (Wildman–Crippen LogP) is 3.67. The van der Waals surface area contributed by atoms with Crippen molar-refractivity contribution in [3.63, 3.8) is 0 Å². The van der Waals surface area contributed by atoms with Crippen molar-refractivity contribution in [2.24, 2.45) is 0 Å². The minimum Gasteiger partial charge on any atom is -0.378 e. The number of nitrogens with one attached hydrogen (secondary N) is 1. The molecule has 0 aliphatic carbocycles. The first-order chi connectivity index (χ1) is 17.1. The van der Waals surface area contributed by atoms with E-state index in [4.69, 9.17) is 20.0 Å². The lowest BCUT2D eigenvalue weighted by Crippen LogP contribution is -2.42. The lowest BCUT2D eigenvalue weighted by molar-refractivity contribution is 0.122. The predicted molar refractivity (Wildman–Crippen MR) is 133 cm³/mol. The van der Waals surface area contributed by atoms with Crippen LogP contribution in [0.4, 0.5) is 16.3 Å². The number of carbonyl (C=O) groups excluding carboxylic acids is 1. The molecule has 2 aliphatic heterocycles. The van der Waals surface area contributed by atoms with E-state index in [2.05, 4.69) is 47.5 Å². The number of aryl methyl sites for hydroxylation is 1. The molecule has 0 bridgehead atoms. The van der Waals surface area contributed by atoms with Crippen LogP contribution in [-0.2, 0) is 24.1 Å². The van der Waals surface area contributed by atoms with Crippen molar-refractivity contribution >= 4 is 17.5 Å². The maximum Gasteiger partial charge on any atom is 0.322 e. The number of rotatable bonds is 4. The molecule has 1 aromatic heterocycles. The standard InChI is InChI=1S/C27H28N6O2/c1-19-4-2-5-20(14-19)16-25-30-24-8-9-33(27(34)29-22-7-3-6-21(15-22)17-28)18-23(24)26(31-25)32-10-12-35-13-11-32/h2-7,14-15H,8-13,16,18H2,1H3,(H,29,34). The van der Waals surface area contributed by atoms with E-state index in [-0.39, 0.29) is 6.03 Å². The summed E-state index contributed by atoms with van der Waals surface area (Å²) in [5, 5.41) is 12.1. The summed E-state index contributed by atoms with van der Waals surface area (Å²) >= 11 is 0. The lowest BCUT2D eigenvalue weighted by Gasteiger charge is -2.34. The Morgan fingerprint density at radius 2 is 1.94 bits per heavy atom. The molecule has 8 heteroatoms. The van der Waals surface area contributed by atoms with E-state index in [1.165, 1.54) is 11.1 Å². The zero-order chi connectivity index (χ0) is 24.2. The summed E-state index contributed by atoms with van der Waals surface area (Å²) < 4.78 is 5.57. The smallest absolute Gasteiger partial charge is 0.322 e. The second-order valence-electron chi connectivity index (χ2n) is 8.95. The van der Waals surface area contributed by atoms with Crippen molar-refractivity contribution in [1.29, 1.82) is 5.26 Å². The van der Waals surface area contributed by atoms with Crippen molar-refractivity contribution in [2.75, 3.05) is 43.1 Å². The molecule has 0 saturated carbocycles. The number of hydrogen-bond donors (Lipinski definition) is 1. The number of nitrogens with zero attached hydrogens (tertiary/aromatic N) is 5. The summed E-state index contributed by atoms with van der Waals surface area (Å²) in [6.45, 7) is 5.95. The van der Waals surface area contributed by atoms with Crippen molar-refractivity contribution in [3.05, 3.63) is 82.3 Å². The van der Waals surface area contributed by atoms with Crippen molar-refractivity contribution < 1.29 is 9.53 Å². The van der Waals surface area contributed by atoms with Gasteiger partial charge in [-0.3, -0.25) is 0 Å². The topological polar surface area (TPSA) is 94.4 Å². The van der Waals surface area contributed by atoms with E-state index >= 15 is 0 Å². The van der Waals surface area contributed by atoms with Crippen LogP contribution in [0.2, 0.25) is 0 Å². The Kier molecular flexibility index (Phi) is 6.59. The fraction of sp³-hybridized carbons (Fsp3) is 0.333. The number of ether oxygens (including phenoxy) is 1. The molecule has 0 unspecified atom stereocenters. The first-order valence-corrected chi connectivity index (χ1v) is 11.9. The Morgan fingerprint density at radius 3 is 2.74 bits per heavy atom.